The van der Waals surface area contributed by atoms with Crippen molar-refractivity contribution in [1.82, 2.24) is 0 Å². The van der Waals surface area contributed by atoms with Crippen molar-refractivity contribution in [2.75, 3.05) is 11.9 Å². The van der Waals surface area contributed by atoms with Gasteiger partial charge in [0, 0.05) is 0 Å². The number of hydrogen-bond donors (Lipinski definition) is 0. The third kappa shape index (κ3) is 4.53. The predicted molar refractivity (Wildman–Crippen MR) is 159 cm³/mol. The van der Waals surface area contributed by atoms with Crippen molar-refractivity contribution in [2.24, 2.45) is 0 Å². The minimum Gasteiger partial charge on any atom is -1.00 e. The van der Waals surface area contributed by atoms with Crippen molar-refractivity contribution in [3.8, 4) is 0 Å². The molecule has 4 aromatic carbocycles. The summed E-state index contributed by atoms with van der Waals surface area (Å²) in [5.74, 6) is 0.761. The molecule has 4 aromatic rings. The van der Waals surface area contributed by atoms with E-state index in [4.69, 9.17) is 0 Å². The molecular weight excluding hydrogens is 802 g/mol. The van der Waals surface area contributed by atoms with E-state index in [1.807, 2.05) is 0 Å². The van der Waals surface area contributed by atoms with Crippen molar-refractivity contribution in [3.63, 3.8) is 0 Å². The number of halogens is 4. The van der Waals surface area contributed by atoms with Crippen LogP contribution in [0, 0.1) is 7.14 Å². The summed E-state index contributed by atoms with van der Waals surface area (Å²) in [6.45, 7) is 0. The molecule has 0 N–H and O–H groups in total. The average molecular weight is 823 g/mol. The van der Waals surface area contributed by atoms with E-state index in [9.17, 15) is 0 Å². The van der Waals surface area contributed by atoms with E-state index in [0.29, 0.717) is 11.8 Å². The fourth-order valence-corrected chi connectivity index (χ4v) is 11.6. The van der Waals surface area contributed by atoms with Gasteiger partial charge in [-0.25, -0.2) is 0 Å². The van der Waals surface area contributed by atoms with E-state index in [0.717, 1.165) is 0 Å². The Hall–Kier alpha value is -0.917. The molecule has 0 amide bonds. The van der Waals surface area contributed by atoms with Crippen LogP contribution in [0.5, 0.6) is 0 Å². The molecule has 0 radical (unpaired) electrons. The van der Waals surface area contributed by atoms with Gasteiger partial charge in [0.15, 0.2) is 0 Å². The number of allylic oxidation sites excluding steroid dienone is 2. The number of nitrogens with zero attached hydrogens (tertiary/aromatic N) is 1. The Morgan fingerprint density at radius 3 is 2.05 bits per heavy atom. The Kier molecular flexibility index (Phi) is 8.16. The van der Waals surface area contributed by atoms with Gasteiger partial charge in [-0.2, -0.15) is 0 Å². The molecule has 2 unspecified atom stereocenters. The van der Waals surface area contributed by atoms with Crippen LogP contribution in [0.3, 0.4) is 0 Å². The van der Waals surface area contributed by atoms with Gasteiger partial charge in [-0.05, 0) is 0 Å². The summed E-state index contributed by atoms with van der Waals surface area (Å²) in [5.41, 5.74) is 11.3. The summed E-state index contributed by atoms with van der Waals surface area (Å²) in [6, 6.07) is 31.9. The van der Waals surface area contributed by atoms with Crippen molar-refractivity contribution in [1.29, 1.82) is 0 Å². The van der Waals surface area contributed by atoms with E-state index in [1.54, 1.807) is 6.56 Å². The Balaban J connectivity index is 0.00000140. The largest absolute Gasteiger partial charge is 1.00 e. The van der Waals surface area contributed by atoms with Gasteiger partial charge in [0.2, 0.25) is 0 Å². The van der Waals surface area contributed by atoms with Gasteiger partial charge in [0.1, 0.15) is 0 Å². The first kappa shape index (κ1) is 27.6. The number of fused-ring (bicyclic) bond motifs is 3. The SMILES string of the molecule is CN1c2ccc(cc2)C2[C]([Zr+2][C]3=Cc4cccc(I)c4C3c3ccccc3)=Cc3c1ccc(I)c32.[Cl-].[Cl-]. The van der Waals surface area contributed by atoms with Crippen molar-refractivity contribution >= 4 is 68.7 Å². The molecule has 0 saturated carbocycles. The maximum absolute atomic E-state index is 2.58. The van der Waals surface area contributed by atoms with Gasteiger partial charge in [-0.3, -0.25) is 0 Å². The Bertz CT molecular complexity index is 1560. The number of anilines is 2. The van der Waals surface area contributed by atoms with Crippen LogP contribution in [0.25, 0.3) is 12.2 Å². The van der Waals surface area contributed by atoms with Crippen molar-refractivity contribution in [3.05, 3.63) is 132 Å². The Morgan fingerprint density at radius 2 is 1.30 bits per heavy atom. The number of hydrogen-bond acceptors (Lipinski definition) is 1. The summed E-state index contributed by atoms with van der Waals surface area (Å²) < 4.78 is 6.10. The van der Waals surface area contributed by atoms with Crippen molar-refractivity contribution < 1.29 is 48.0 Å². The van der Waals surface area contributed by atoms with Gasteiger partial charge in [-0.1, -0.05) is 0 Å². The molecule has 6 bridgehead atoms. The molecular formula is C31H21Cl2I2NZr. The first-order chi connectivity index (χ1) is 17.1. The van der Waals surface area contributed by atoms with Crippen LogP contribution in [-0.4, -0.2) is 7.05 Å². The predicted octanol–water partition coefficient (Wildman–Crippen LogP) is 2.74. The maximum atomic E-state index is 2.58. The smallest absolute Gasteiger partial charge is 1.00 e. The molecule has 182 valence electrons. The summed E-state index contributed by atoms with van der Waals surface area (Å²) in [6.07, 6.45) is 5.11. The molecule has 4 aliphatic rings. The molecule has 2 atom stereocenters. The topological polar surface area (TPSA) is 3.24 Å². The number of rotatable bonds is 3. The molecule has 0 aromatic heterocycles. The minimum absolute atomic E-state index is 0. The van der Waals surface area contributed by atoms with E-state index >= 15 is 0 Å². The van der Waals surface area contributed by atoms with E-state index in [1.165, 1.54) is 51.9 Å². The van der Waals surface area contributed by atoms with Crippen LogP contribution in [0.1, 0.15) is 45.2 Å². The molecule has 1 nitrogen and oxygen atoms in total. The Labute approximate surface area is 269 Å². The quantitative estimate of drug-likeness (QED) is 0.288. The van der Waals surface area contributed by atoms with Crippen LogP contribution in [0.4, 0.5) is 11.4 Å². The molecule has 6 heteroatoms. The van der Waals surface area contributed by atoms with Crippen LogP contribution in [-0.2, 0) is 23.2 Å². The molecule has 2 aliphatic carbocycles. The molecule has 0 spiro atoms. The summed E-state index contributed by atoms with van der Waals surface area (Å²) >= 11 is 4.03. The van der Waals surface area contributed by atoms with E-state index in [-0.39, 0.29) is 24.8 Å². The molecule has 8 rings (SSSR count). The van der Waals surface area contributed by atoms with Gasteiger partial charge in [0.05, 0.1) is 0 Å². The van der Waals surface area contributed by atoms with Gasteiger partial charge >= 0.3 is 248 Å². The summed E-state index contributed by atoms with van der Waals surface area (Å²) in [4.78, 5) is 2.35. The molecule has 37 heavy (non-hydrogen) atoms. The van der Waals surface area contributed by atoms with Crippen LogP contribution < -0.4 is 29.7 Å². The zero-order valence-corrected chi connectivity index (χ0v) is 28.1. The standard InChI is InChI=1S/C16H11IN.C15H10I.2ClH.Zr/c1-18-11-4-2-10(3-5-11)12-6-7-13-15(18)9-8-14(17)16(12)13;16-14-8-4-7-12-9-10-13(15(12)14)11-5-2-1-3-6-11;;;/h2-5,7-9,12H,1H3;1-9,13H;2*1H;/q;;;;+2/p-2. The summed E-state index contributed by atoms with van der Waals surface area (Å²) in [7, 11) is 2.20. The zero-order chi connectivity index (χ0) is 23.7. The fourth-order valence-electron chi connectivity index (χ4n) is 5.87. The second kappa shape index (κ2) is 10.9. The zero-order valence-electron chi connectivity index (χ0n) is 19.9. The fraction of sp³-hybridized carbons (Fsp3) is 0.0968. The second-order valence-electron chi connectivity index (χ2n) is 9.39. The van der Waals surface area contributed by atoms with Gasteiger partial charge < -0.3 is 24.8 Å². The molecule has 0 fully saturated rings. The molecule has 0 saturated heterocycles. The molecule has 2 heterocycles. The third-order valence-electron chi connectivity index (χ3n) is 7.50. The van der Waals surface area contributed by atoms with Crippen LogP contribution in [0.15, 0.2) is 91.5 Å². The van der Waals surface area contributed by atoms with Crippen LogP contribution in [0.2, 0.25) is 0 Å². The first-order valence-electron chi connectivity index (χ1n) is 11.8. The second-order valence-corrected chi connectivity index (χ2v) is 15.2. The summed E-state index contributed by atoms with van der Waals surface area (Å²) in [5, 5.41) is 0. The normalized spacial score (nSPS) is 17.9. The first-order valence-corrected chi connectivity index (χ1v) is 16.4. The van der Waals surface area contributed by atoms with Crippen molar-refractivity contribution in [2.45, 2.75) is 11.8 Å². The Morgan fingerprint density at radius 1 is 0.649 bits per heavy atom. The minimum atomic E-state index is -1.07. The maximum Gasteiger partial charge on any atom is -1.00 e. The monoisotopic (exact) mass is 821 g/mol. The number of benzene rings is 4. The van der Waals surface area contributed by atoms with Crippen LogP contribution >= 0.6 is 45.2 Å². The van der Waals surface area contributed by atoms with Gasteiger partial charge in [0.25, 0.3) is 0 Å². The average Bonchev–Trinajstić information content (AvgIpc) is 3.45. The van der Waals surface area contributed by atoms with E-state index < -0.39 is 23.2 Å². The van der Waals surface area contributed by atoms with Gasteiger partial charge in [-0.15, -0.1) is 0 Å². The molecule has 2 aliphatic heterocycles. The third-order valence-corrected chi connectivity index (χ3v) is 12.9. The van der Waals surface area contributed by atoms with E-state index in [2.05, 4.69) is 154 Å².